The van der Waals surface area contributed by atoms with E-state index in [0.29, 0.717) is 42.7 Å². The van der Waals surface area contributed by atoms with Crippen molar-refractivity contribution in [1.29, 1.82) is 0 Å². The Morgan fingerprint density at radius 1 is 1.14 bits per heavy atom. The van der Waals surface area contributed by atoms with Gasteiger partial charge in [0.2, 0.25) is 11.7 Å². The van der Waals surface area contributed by atoms with Crippen LogP contribution in [0, 0.1) is 6.92 Å². The number of amides is 1. The van der Waals surface area contributed by atoms with Gasteiger partial charge in [-0.15, -0.1) is 0 Å². The van der Waals surface area contributed by atoms with Gasteiger partial charge >= 0.3 is 0 Å². The molecule has 0 bridgehead atoms. The van der Waals surface area contributed by atoms with Gasteiger partial charge in [0.25, 0.3) is 5.91 Å². The van der Waals surface area contributed by atoms with Gasteiger partial charge in [-0.2, -0.15) is 4.98 Å². The van der Waals surface area contributed by atoms with Crippen molar-refractivity contribution in [3.63, 3.8) is 0 Å². The summed E-state index contributed by atoms with van der Waals surface area (Å²) in [4.78, 5) is 19.4. The van der Waals surface area contributed by atoms with Crippen LogP contribution in [0.15, 0.2) is 53.1 Å². The number of likely N-dealkylation sites (tertiary alicyclic amines) is 1. The molecule has 2 heterocycles. The third-order valence-electron chi connectivity index (χ3n) is 5.30. The number of para-hydroxylation sites is 1. The molecule has 1 fully saturated rings. The van der Waals surface area contributed by atoms with Crippen LogP contribution in [0.5, 0.6) is 5.75 Å². The summed E-state index contributed by atoms with van der Waals surface area (Å²) in [5.41, 5.74) is 2.76. The van der Waals surface area contributed by atoms with Crippen LogP contribution in [0.1, 0.15) is 47.5 Å². The minimum absolute atomic E-state index is 0.0124. The van der Waals surface area contributed by atoms with E-state index < -0.39 is 0 Å². The van der Waals surface area contributed by atoms with Crippen molar-refractivity contribution >= 4 is 5.91 Å². The smallest absolute Gasteiger partial charge is 0.257 e. The summed E-state index contributed by atoms with van der Waals surface area (Å²) < 4.78 is 11.1. The lowest BCUT2D eigenvalue weighted by Gasteiger charge is -2.30. The van der Waals surface area contributed by atoms with E-state index in [4.69, 9.17) is 9.26 Å². The third-order valence-corrected chi connectivity index (χ3v) is 5.30. The van der Waals surface area contributed by atoms with Crippen molar-refractivity contribution in [2.45, 2.75) is 32.6 Å². The molecular formula is C23H25N3O3. The highest BCUT2D eigenvalue weighted by Crippen LogP contribution is 2.30. The van der Waals surface area contributed by atoms with Crippen LogP contribution < -0.4 is 4.74 Å². The molecule has 29 heavy (non-hydrogen) atoms. The molecule has 1 aromatic heterocycles. The molecule has 6 heteroatoms. The van der Waals surface area contributed by atoms with Crippen LogP contribution in [-0.4, -0.2) is 40.6 Å². The van der Waals surface area contributed by atoms with Crippen molar-refractivity contribution in [3.05, 3.63) is 65.5 Å². The molecule has 0 radical (unpaired) electrons. The lowest BCUT2D eigenvalue weighted by Crippen LogP contribution is -2.38. The number of aryl methyl sites for hydroxylation is 1. The maximum atomic E-state index is 12.9. The van der Waals surface area contributed by atoms with E-state index in [0.717, 1.165) is 18.4 Å². The topological polar surface area (TPSA) is 68.5 Å². The van der Waals surface area contributed by atoms with Gasteiger partial charge in [-0.1, -0.05) is 47.1 Å². The van der Waals surface area contributed by atoms with E-state index >= 15 is 0 Å². The van der Waals surface area contributed by atoms with Gasteiger partial charge in [0, 0.05) is 24.6 Å². The fraction of sp³-hybridized carbons (Fsp3) is 0.348. The molecule has 3 aromatic rings. The van der Waals surface area contributed by atoms with Gasteiger partial charge in [-0.3, -0.25) is 4.79 Å². The Hall–Kier alpha value is -3.15. The fourth-order valence-corrected chi connectivity index (χ4v) is 3.65. The van der Waals surface area contributed by atoms with Gasteiger partial charge in [0.15, 0.2) is 0 Å². The van der Waals surface area contributed by atoms with Gasteiger partial charge in [0.05, 0.1) is 12.2 Å². The highest BCUT2D eigenvalue weighted by Gasteiger charge is 2.29. The second-order valence-electron chi connectivity index (χ2n) is 7.32. The van der Waals surface area contributed by atoms with Gasteiger partial charge in [0.1, 0.15) is 5.75 Å². The molecule has 4 rings (SSSR count). The Bertz CT molecular complexity index is 973. The normalized spacial score (nSPS) is 14.8. The van der Waals surface area contributed by atoms with Crippen molar-refractivity contribution in [3.8, 4) is 17.1 Å². The number of nitrogens with zero attached hydrogens (tertiary/aromatic N) is 3. The largest absolute Gasteiger partial charge is 0.493 e. The second-order valence-corrected chi connectivity index (χ2v) is 7.32. The van der Waals surface area contributed by atoms with Crippen LogP contribution in [0.25, 0.3) is 11.4 Å². The van der Waals surface area contributed by atoms with Crippen LogP contribution in [0.2, 0.25) is 0 Å². The summed E-state index contributed by atoms with van der Waals surface area (Å²) in [5, 5.41) is 4.14. The number of carbonyl (C=O) groups excluding carboxylic acids is 1. The number of carbonyl (C=O) groups is 1. The van der Waals surface area contributed by atoms with Crippen LogP contribution >= 0.6 is 0 Å². The molecular weight excluding hydrogens is 366 g/mol. The summed E-state index contributed by atoms with van der Waals surface area (Å²) in [6.07, 6.45) is 1.61. The summed E-state index contributed by atoms with van der Waals surface area (Å²) in [7, 11) is 0. The Labute approximate surface area is 170 Å². The maximum absolute atomic E-state index is 12.9. The number of piperidine rings is 1. The predicted octanol–water partition coefficient (Wildman–Crippen LogP) is 4.46. The lowest BCUT2D eigenvalue weighted by molar-refractivity contribution is 0.0700. The monoisotopic (exact) mass is 391 g/mol. The number of rotatable bonds is 5. The van der Waals surface area contributed by atoms with Crippen LogP contribution in [0.3, 0.4) is 0 Å². The molecule has 0 spiro atoms. The van der Waals surface area contributed by atoms with Gasteiger partial charge in [-0.05, 0) is 38.8 Å². The first-order valence-electron chi connectivity index (χ1n) is 10.1. The molecule has 6 nitrogen and oxygen atoms in total. The Balaban J connectivity index is 1.41. The third kappa shape index (κ3) is 4.16. The van der Waals surface area contributed by atoms with E-state index in [2.05, 4.69) is 10.1 Å². The number of hydrogen-bond donors (Lipinski definition) is 0. The minimum atomic E-state index is 0.0124. The zero-order valence-corrected chi connectivity index (χ0v) is 16.8. The zero-order chi connectivity index (χ0) is 20.2. The summed E-state index contributed by atoms with van der Waals surface area (Å²) in [6.45, 7) is 5.82. The summed E-state index contributed by atoms with van der Waals surface area (Å²) in [5.74, 6) is 2.10. The quantitative estimate of drug-likeness (QED) is 0.642. The van der Waals surface area contributed by atoms with Gasteiger partial charge in [-0.25, -0.2) is 0 Å². The summed E-state index contributed by atoms with van der Waals surface area (Å²) in [6, 6.07) is 15.5. The van der Waals surface area contributed by atoms with E-state index in [1.807, 2.05) is 67.3 Å². The number of benzene rings is 2. The highest BCUT2D eigenvalue weighted by molar-refractivity contribution is 5.97. The number of hydrogen-bond acceptors (Lipinski definition) is 5. The Kier molecular flexibility index (Phi) is 5.60. The molecule has 2 aromatic carbocycles. The number of ether oxygens (including phenoxy) is 1. The predicted molar refractivity (Wildman–Crippen MR) is 110 cm³/mol. The standard InChI is InChI=1S/C23H25N3O3/c1-3-28-20-7-5-4-6-19(20)23(27)26-14-12-18(13-15-26)22-24-21(25-29-22)17-10-8-16(2)9-11-17/h4-11,18H,3,12-15H2,1-2H3. The van der Waals surface area contributed by atoms with E-state index in [1.54, 1.807) is 0 Å². The first-order valence-corrected chi connectivity index (χ1v) is 10.1. The van der Waals surface area contributed by atoms with E-state index in [-0.39, 0.29) is 11.8 Å². The first kappa shape index (κ1) is 19.2. The van der Waals surface area contributed by atoms with Crippen molar-refractivity contribution < 1.29 is 14.1 Å². The SMILES string of the molecule is CCOc1ccccc1C(=O)N1CCC(c2nc(-c3ccc(C)cc3)no2)CC1. The van der Waals surface area contributed by atoms with E-state index in [9.17, 15) is 4.79 Å². The molecule has 1 aliphatic rings. The fourth-order valence-electron chi connectivity index (χ4n) is 3.65. The molecule has 0 N–H and O–H groups in total. The molecule has 0 atom stereocenters. The minimum Gasteiger partial charge on any atom is -0.493 e. The van der Waals surface area contributed by atoms with Crippen molar-refractivity contribution in [2.75, 3.05) is 19.7 Å². The number of aromatic nitrogens is 2. The average Bonchev–Trinajstić information content (AvgIpc) is 3.25. The van der Waals surface area contributed by atoms with Crippen LogP contribution in [0.4, 0.5) is 0 Å². The van der Waals surface area contributed by atoms with E-state index in [1.165, 1.54) is 5.56 Å². The average molecular weight is 391 g/mol. The molecule has 0 aliphatic carbocycles. The molecule has 1 saturated heterocycles. The first-order chi connectivity index (χ1) is 14.2. The Morgan fingerprint density at radius 2 is 1.86 bits per heavy atom. The maximum Gasteiger partial charge on any atom is 0.257 e. The molecule has 0 saturated carbocycles. The molecule has 0 unspecified atom stereocenters. The van der Waals surface area contributed by atoms with Gasteiger partial charge < -0.3 is 14.2 Å². The summed E-state index contributed by atoms with van der Waals surface area (Å²) >= 11 is 0. The molecule has 150 valence electrons. The second kappa shape index (κ2) is 8.47. The molecule has 1 amide bonds. The van der Waals surface area contributed by atoms with Crippen LogP contribution in [-0.2, 0) is 0 Å². The van der Waals surface area contributed by atoms with Crippen molar-refractivity contribution in [1.82, 2.24) is 15.0 Å². The zero-order valence-electron chi connectivity index (χ0n) is 16.8. The lowest BCUT2D eigenvalue weighted by atomic mass is 9.96. The van der Waals surface area contributed by atoms with Crippen molar-refractivity contribution in [2.24, 2.45) is 0 Å². The Morgan fingerprint density at radius 3 is 2.59 bits per heavy atom. The highest BCUT2D eigenvalue weighted by atomic mass is 16.5. The molecule has 1 aliphatic heterocycles.